The lowest BCUT2D eigenvalue weighted by atomic mass is 9.82. The van der Waals surface area contributed by atoms with Gasteiger partial charge in [0.25, 0.3) is 0 Å². The normalized spacial score (nSPS) is 12.6. The van der Waals surface area contributed by atoms with E-state index in [9.17, 15) is 0 Å². The minimum atomic E-state index is -0.242. The van der Waals surface area contributed by atoms with Crippen molar-refractivity contribution < 1.29 is 0 Å². The second-order valence-electron chi connectivity index (χ2n) is 15.9. The molecule has 2 heterocycles. The molecule has 6 nitrogen and oxygen atoms in total. The highest BCUT2D eigenvalue weighted by atomic mass is 15.0. The maximum Gasteiger partial charge on any atom is 0.164 e. The first-order valence-electron chi connectivity index (χ1n) is 20.5. The van der Waals surface area contributed by atoms with Crippen LogP contribution in [0, 0.1) is 0 Å². The summed E-state index contributed by atoms with van der Waals surface area (Å²) in [6, 6.07) is 66.9. The van der Waals surface area contributed by atoms with E-state index in [1.165, 1.54) is 16.7 Å². The Kier molecular flexibility index (Phi) is 8.71. The fourth-order valence-corrected chi connectivity index (χ4v) is 8.76. The Morgan fingerprint density at radius 2 is 0.689 bits per heavy atom. The van der Waals surface area contributed by atoms with E-state index in [-0.39, 0.29) is 5.41 Å². The Morgan fingerprint density at radius 1 is 0.279 bits per heavy atom. The molecule has 0 radical (unpaired) electrons. The minimum Gasteiger partial charge on any atom is -0.208 e. The van der Waals surface area contributed by atoms with Crippen molar-refractivity contribution in [2.24, 2.45) is 0 Å². The highest BCUT2D eigenvalue weighted by Gasteiger charge is 2.37. The van der Waals surface area contributed by atoms with Crippen LogP contribution in [0.5, 0.6) is 0 Å². The maximum atomic E-state index is 5.17. The molecule has 2 aromatic heterocycles. The average molecular weight is 783 g/mol. The van der Waals surface area contributed by atoms with Crippen molar-refractivity contribution in [3.8, 4) is 90.6 Å². The molecule has 0 unspecified atom stereocenters. The molecule has 0 saturated heterocycles. The first kappa shape index (κ1) is 36.1. The van der Waals surface area contributed by atoms with Crippen LogP contribution in [-0.4, -0.2) is 29.9 Å². The van der Waals surface area contributed by atoms with Crippen LogP contribution in [0.25, 0.3) is 101 Å². The Morgan fingerprint density at radius 3 is 1.18 bits per heavy atom. The molecular formula is C55H38N6. The zero-order chi connectivity index (χ0) is 40.9. The summed E-state index contributed by atoms with van der Waals surface area (Å²) in [5.74, 6) is 3.84. The largest absolute Gasteiger partial charge is 0.208 e. The van der Waals surface area contributed by atoms with E-state index in [4.69, 9.17) is 29.9 Å². The quantitative estimate of drug-likeness (QED) is 0.160. The van der Waals surface area contributed by atoms with Gasteiger partial charge in [-0.1, -0.05) is 196 Å². The predicted molar refractivity (Wildman–Crippen MR) is 246 cm³/mol. The number of hydrogen-bond donors (Lipinski definition) is 0. The first-order valence-corrected chi connectivity index (χ1v) is 20.5. The van der Waals surface area contributed by atoms with Crippen molar-refractivity contribution in [1.82, 2.24) is 29.9 Å². The SMILES string of the molecule is CC1(C)c2ccc(-c3ccc(-c4nc(-c5ccccc5)nc(-c5ccccc5)n4)c4ccccc34)cc2-c2c(-c3nc(-c4ccccc4)nc(-c4ccccc4)n3)cccc21. The number of rotatable bonds is 7. The van der Waals surface area contributed by atoms with Gasteiger partial charge in [-0.25, -0.2) is 29.9 Å². The molecule has 0 atom stereocenters. The van der Waals surface area contributed by atoms with Crippen LogP contribution in [0.2, 0.25) is 0 Å². The number of aromatic nitrogens is 6. The van der Waals surface area contributed by atoms with Crippen molar-refractivity contribution in [2.75, 3.05) is 0 Å². The van der Waals surface area contributed by atoms with E-state index in [2.05, 4.69) is 111 Å². The zero-order valence-corrected chi connectivity index (χ0v) is 33.7. The van der Waals surface area contributed by atoms with Gasteiger partial charge in [0.05, 0.1) is 0 Å². The van der Waals surface area contributed by atoms with Crippen molar-refractivity contribution >= 4 is 10.8 Å². The summed E-state index contributed by atoms with van der Waals surface area (Å²) in [7, 11) is 0. The molecule has 0 fully saturated rings. The summed E-state index contributed by atoms with van der Waals surface area (Å²) in [5, 5.41) is 2.18. The third kappa shape index (κ3) is 6.37. The van der Waals surface area contributed by atoms with Gasteiger partial charge in [-0.2, -0.15) is 0 Å². The predicted octanol–water partition coefficient (Wildman–Crippen LogP) is 13.2. The number of fused-ring (bicyclic) bond motifs is 4. The van der Waals surface area contributed by atoms with Gasteiger partial charge in [0.2, 0.25) is 0 Å². The van der Waals surface area contributed by atoms with E-state index in [0.717, 1.165) is 60.8 Å². The minimum absolute atomic E-state index is 0.242. The van der Waals surface area contributed by atoms with Crippen molar-refractivity contribution in [2.45, 2.75) is 19.3 Å². The summed E-state index contributed by atoms with van der Waals surface area (Å²) in [4.78, 5) is 30.4. The number of nitrogens with zero attached hydrogens (tertiary/aromatic N) is 6. The smallest absolute Gasteiger partial charge is 0.164 e. The summed E-state index contributed by atoms with van der Waals surface area (Å²) < 4.78 is 0. The van der Waals surface area contributed by atoms with Crippen LogP contribution in [0.3, 0.4) is 0 Å². The van der Waals surface area contributed by atoms with E-state index >= 15 is 0 Å². The lowest BCUT2D eigenvalue weighted by molar-refractivity contribution is 0.660. The van der Waals surface area contributed by atoms with Crippen LogP contribution in [-0.2, 0) is 5.41 Å². The van der Waals surface area contributed by atoms with Gasteiger partial charge in [-0.3, -0.25) is 0 Å². The van der Waals surface area contributed by atoms with Crippen molar-refractivity contribution in [1.29, 1.82) is 0 Å². The Labute approximate surface area is 354 Å². The fourth-order valence-electron chi connectivity index (χ4n) is 8.76. The zero-order valence-electron chi connectivity index (χ0n) is 33.7. The molecule has 0 amide bonds. The second-order valence-corrected chi connectivity index (χ2v) is 15.9. The molecule has 1 aliphatic carbocycles. The van der Waals surface area contributed by atoms with Gasteiger partial charge in [0, 0.05) is 38.8 Å². The summed E-state index contributed by atoms with van der Waals surface area (Å²) >= 11 is 0. The van der Waals surface area contributed by atoms with Crippen molar-refractivity contribution in [3.05, 3.63) is 205 Å². The third-order valence-electron chi connectivity index (χ3n) is 11.8. The molecular weight excluding hydrogens is 745 g/mol. The van der Waals surface area contributed by atoms with Crippen LogP contribution in [0.15, 0.2) is 194 Å². The third-order valence-corrected chi connectivity index (χ3v) is 11.8. The van der Waals surface area contributed by atoms with Crippen LogP contribution in [0.4, 0.5) is 0 Å². The molecule has 11 rings (SSSR count). The molecule has 0 bridgehead atoms. The van der Waals surface area contributed by atoms with Gasteiger partial charge < -0.3 is 0 Å². The first-order chi connectivity index (χ1) is 30.0. The molecule has 288 valence electrons. The molecule has 0 aliphatic heterocycles. The monoisotopic (exact) mass is 782 g/mol. The van der Waals surface area contributed by atoms with E-state index in [1.54, 1.807) is 0 Å². The average Bonchev–Trinajstić information content (AvgIpc) is 3.57. The lowest BCUT2D eigenvalue weighted by Gasteiger charge is -2.22. The molecule has 0 N–H and O–H groups in total. The van der Waals surface area contributed by atoms with E-state index < -0.39 is 0 Å². The van der Waals surface area contributed by atoms with Gasteiger partial charge in [-0.15, -0.1) is 0 Å². The number of hydrogen-bond acceptors (Lipinski definition) is 6. The fraction of sp³-hybridized carbons (Fsp3) is 0.0545. The molecule has 1 aliphatic rings. The van der Waals surface area contributed by atoms with Gasteiger partial charge in [0.15, 0.2) is 34.9 Å². The van der Waals surface area contributed by atoms with Gasteiger partial charge in [-0.05, 0) is 56.3 Å². The molecule has 6 heteroatoms. The highest BCUT2D eigenvalue weighted by molar-refractivity contribution is 6.05. The summed E-state index contributed by atoms with van der Waals surface area (Å²) in [5.41, 5.74) is 12.6. The summed E-state index contributed by atoms with van der Waals surface area (Å²) in [6.07, 6.45) is 0. The number of benzene rings is 8. The second kappa shape index (κ2) is 14.7. The molecule has 0 saturated carbocycles. The van der Waals surface area contributed by atoms with E-state index in [0.29, 0.717) is 34.9 Å². The standard InChI is InChI=1S/C55H38N6/c1-55(2)46-33-30-39(34-45(46)48-44(28-17-29-47(48)55)54-60-51(37-22-11-5-12-23-37)57-52(61-54)38-24-13-6-14-25-38)40-31-32-43(42-27-16-15-26-41(40)42)53-58-49(35-18-7-3-8-19-35)56-50(59-53)36-20-9-4-10-21-36/h3-34H,1-2H3. The van der Waals surface area contributed by atoms with Gasteiger partial charge >= 0.3 is 0 Å². The lowest BCUT2D eigenvalue weighted by Crippen LogP contribution is -2.14. The molecule has 61 heavy (non-hydrogen) atoms. The maximum absolute atomic E-state index is 5.17. The van der Waals surface area contributed by atoms with Gasteiger partial charge in [0.1, 0.15) is 0 Å². The van der Waals surface area contributed by atoms with E-state index in [1.807, 2.05) is 97.1 Å². The Balaban J connectivity index is 1.07. The molecule has 0 spiro atoms. The van der Waals surface area contributed by atoms with Crippen LogP contribution in [0.1, 0.15) is 25.0 Å². The Hall–Kier alpha value is -7.96. The Bertz CT molecular complexity index is 3140. The topological polar surface area (TPSA) is 77.3 Å². The van der Waals surface area contributed by atoms with Crippen LogP contribution < -0.4 is 0 Å². The van der Waals surface area contributed by atoms with Crippen LogP contribution >= 0.6 is 0 Å². The molecule has 8 aromatic carbocycles. The van der Waals surface area contributed by atoms with Crippen molar-refractivity contribution in [3.63, 3.8) is 0 Å². The highest BCUT2D eigenvalue weighted by Crippen LogP contribution is 2.53. The summed E-state index contributed by atoms with van der Waals surface area (Å²) in [6.45, 7) is 4.62. The molecule has 10 aromatic rings.